The van der Waals surface area contributed by atoms with Gasteiger partial charge in [-0.3, -0.25) is 4.79 Å². The van der Waals surface area contributed by atoms with Gasteiger partial charge in [0.05, 0.1) is 0 Å². The van der Waals surface area contributed by atoms with Crippen LogP contribution in [0.3, 0.4) is 0 Å². The Morgan fingerprint density at radius 3 is 2.67 bits per heavy atom. The van der Waals surface area contributed by atoms with E-state index < -0.39 is 0 Å². The molecule has 4 heteroatoms. The number of para-hydroxylation sites is 1. The number of nitrogens with zero attached hydrogens (tertiary/aromatic N) is 1. The molecule has 0 unspecified atom stereocenters. The van der Waals surface area contributed by atoms with E-state index in [2.05, 4.69) is 11.4 Å². The Bertz CT molecular complexity index is 654. The lowest BCUT2D eigenvalue weighted by Gasteiger charge is -2.23. The van der Waals surface area contributed by atoms with Crippen molar-refractivity contribution in [3.05, 3.63) is 59.9 Å². The van der Waals surface area contributed by atoms with E-state index in [9.17, 15) is 9.18 Å². The van der Waals surface area contributed by atoms with Crippen molar-refractivity contribution < 1.29 is 9.18 Å². The minimum atomic E-state index is -0.360. The minimum Gasteiger partial charge on any atom is -0.374 e. The van der Waals surface area contributed by atoms with Gasteiger partial charge in [0, 0.05) is 17.9 Å². The first kappa shape index (κ1) is 13.6. The van der Waals surface area contributed by atoms with E-state index in [1.165, 1.54) is 17.7 Å². The topological polar surface area (TPSA) is 32.3 Å². The molecule has 1 amide bonds. The molecule has 1 N–H and O–H groups in total. The van der Waals surface area contributed by atoms with Crippen LogP contribution in [0.25, 0.3) is 0 Å². The van der Waals surface area contributed by atoms with Crippen molar-refractivity contribution in [2.75, 3.05) is 16.8 Å². The van der Waals surface area contributed by atoms with Crippen molar-refractivity contribution in [1.82, 2.24) is 0 Å². The number of nitrogens with one attached hydrogen (secondary N) is 1. The van der Waals surface area contributed by atoms with Gasteiger partial charge < -0.3 is 10.2 Å². The molecule has 3 rings (SSSR count). The molecule has 21 heavy (non-hydrogen) atoms. The predicted molar refractivity (Wildman–Crippen MR) is 82.0 cm³/mol. The number of anilines is 2. The fourth-order valence-electron chi connectivity index (χ4n) is 2.66. The molecule has 1 aliphatic rings. The van der Waals surface area contributed by atoms with Crippen molar-refractivity contribution in [1.29, 1.82) is 0 Å². The molecule has 1 atom stereocenters. The van der Waals surface area contributed by atoms with Crippen LogP contribution >= 0.6 is 0 Å². The van der Waals surface area contributed by atoms with Gasteiger partial charge in [-0.2, -0.15) is 0 Å². The minimum absolute atomic E-state index is 0.0317. The number of hydrogen-bond acceptors (Lipinski definition) is 2. The number of hydrogen-bond donors (Lipinski definition) is 1. The molecule has 108 valence electrons. The molecule has 0 bridgehead atoms. The summed E-state index contributed by atoms with van der Waals surface area (Å²) < 4.78 is 12.9. The lowest BCUT2D eigenvalue weighted by Crippen LogP contribution is -2.40. The second-order valence-corrected chi connectivity index (χ2v) is 5.24. The molecule has 0 spiro atoms. The number of halogens is 1. The van der Waals surface area contributed by atoms with Gasteiger partial charge in [0.15, 0.2) is 0 Å². The van der Waals surface area contributed by atoms with Crippen LogP contribution in [0.5, 0.6) is 0 Å². The van der Waals surface area contributed by atoms with Crippen LogP contribution in [0.15, 0.2) is 48.5 Å². The molecule has 2 aromatic carbocycles. The Morgan fingerprint density at radius 2 is 1.90 bits per heavy atom. The first-order valence-corrected chi connectivity index (χ1v) is 7.06. The van der Waals surface area contributed by atoms with Crippen LogP contribution in [0.2, 0.25) is 0 Å². The summed E-state index contributed by atoms with van der Waals surface area (Å²) in [5.41, 5.74) is 2.94. The Kier molecular flexibility index (Phi) is 3.60. The van der Waals surface area contributed by atoms with Gasteiger partial charge in [-0.1, -0.05) is 18.2 Å². The maximum atomic E-state index is 12.9. The lowest BCUT2D eigenvalue weighted by atomic mass is 10.2. The normalized spacial score (nSPS) is 14.7. The van der Waals surface area contributed by atoms with Crippen LogP contribution in [0.4, 0.5) is 15.8 Å². The number of amides is 1. The second-order valence-electron chi connectivity index (χ2n) is 5.24. The quantitative estimate of drug-likeness (QED) is 0.938. The number of carbonyl (C=O) groups excluding carboxylic acids is 1. The van der Waals surface area contributed by atoms with E-state index in [0.29, 0.717) is 6.54 Å². The van der Waals surface area contributed by atoms with Gasteiger partial charge in [0.1, 0.15) is 11.9 Å². The molecule has 1 heterocycles. The van der Waals surface area contributed by atoms with Gasteiger partial charge in [0.2, 0.25) is 5.91 Å². The van der Waals surface area contributed by atoms with Crippen molar-refractivity contribution in [3.8, 4) is 0 Å². The summed E-state index contributed by atoms with van der Waals surface area (Å²) in [4.78, 5) is 14.4. The summed E-state index contributed by atoms with van der Waals surface area (Å²) in [6.45, 7) is 2.54. The van der Waals surface area contributed by atoms with Crippen LogP contribution in [0.1, 0.15) is 12.5 Å². The third kappa shape index (κ3) is 2.75. The van der Waals surface area contributed by atoms with E-state index in [0.717, 1.165) is 17.8 Å². The molecule has 0 fully saturated rings. The van der Waals surface area contributed by atoms with Crippen LogP contribution in [-0.4, -0.2) is 18.5 Å². The highest BCUT2D eigenvalue weighted by Gasteiger charge is 2.27. The van der Waals surface area contributed by atoms with Gasteiger partial charge in [-0.25, -0.2) is 4.39 Å². The van der Waals surface area contributed by atoms with E-state index in [4.69, 9.17) is 0 Å². The van der Waals surface area contributed by atoms with E-state index in [1.807, 2.05) is 30.0 Å². The van der Waals surface area contributed by atoms with Crippen molar-refractivity contribution in [2.24, 2.45) is 0 Å². The van der Waals surface area contributed by atoms with Crippen LogP contribution in [0, 0.1) is 5.82 Å². The van der Waals surface area contributed by atoms with Gasteiger partial charge in [-0.15, -0.1) is 0 Å². The molecule has 0 aliphatic carbocycles. The van der Waals surface area contributed by atoms with Gasteiger partial charge >= 0.3 is 0 Å². The summed E-state index contributed by atoms with van der Waals surface area (Å²) in [6.07, 6.45) is 0.894. The first-order chi connectivity index (χ1) is 10.1. The highest BCUT2D eigenvalue weighted by atomic mass is 19.1. The number of carbonyl (C=O) groups is 1. The zero-order valence-corrected chi connectivity index (χ0v) is 11.8. The summed E-state index contributed by atoms with van der Waals surface area (Å²) in [6, 6.07) is 13.6. The summed E-state index contributed by atoms with van der Waals surface area (Å²) >= 11 is 0. The molecule has 0 radical (unpaired) electrons. The Labute approximate surface area is 123 Å². The molecule has 0 saturated carbocycles. The van der Waals surface area contributed by atoms with Crippen LogP contribution in [-0.2, 0) is 11.2 Å². The van der Waals surface area contributed by atoms with Crippen LogP contribution < -0.4 is 10.2 Å². The zero-order valence-electron chi connectivity index (χ0n) is 11.8. The first-order valence-electron chi connectivity index (χ1n) is 7.06. The monoisotopic (exact) mass is 284 g/mol. The standard InChI is InChI=1S/C17H17FN2O/c1-12(19-15-8-6-14(18)7-9-15)17(21)20-11-10-13-4-2-3-5-16(13)20/h2-9,12,19H,10-11H2,1H3/t12-/m1/s1. The third-order valence-corrected chi connectivity index (χ3v) is 3.75. The number of rotatable bonds is 3. The van der Waals surface area contributed by atoms with Gasteiger partial charge in [0.25, 0.3) is 0 Å². The third-order valence-electron chi connectivity index (χ3n) is 3.75. The van der Waals surface area contributed by atoms with E-state index in [-0.39, 0.29) is 17.8 Å². The second kappa shape index (κ2) is 5.56. The van der Waals surface area contributed by atoms with Crippen molar-refractivity contribution >= 4 is 17.3 Å². The highest BCUT2D eigenvalue weighted by molar-refractivity contribution is 6.00. The largest absolute Gasteiger partial charge is 0.374 e. The van der Waals surface area contributed by atoms with Crippen molar-refractivity contribution in [2.45, 2.75) is 19.4 Å². The maximum absolute atomic E-state index is 12.9. The molecular weight excluding hydrogens is 267 g/mol. The summed E-state index contributed by atoms with van der Waals surface area (Å²) in [5.74, 6) is -0.253. The Morgan fingerprint density at radius 1 is 1.19 bits per heavy atom. The summed E-state index contributed by atoms with van der Waals surface area (Å²) in [7, 11) is 0. The maximum Gasteiger partial charge on any atom is 0.249 e. The zero-order chi connectivity index (χ0) is 14.8. The number of benzene rings is 2. The highest BCUT2D eigenvalue weighted by Crippen LogP contribution is 2.28. The average molecular weight is 284 g/mol. The summed E-state index contributed by atoms with van der Waals surface area (Å²) in [5, 5.41) is 3.12. The lowest BCUT2D eigenvalue weighted by molar-refractivity contribution is -0.118. The fourth-order valence-corrected chi connectivity index (χ4v) is 2.66. The average Bonchev–Trinajstić information content (AvgIpc) is 2.92. The Balaban J connectivity index is 1.72. The molecule has 0 aromatic heterocycles. The predicted octanol–water partition coefficient (Wildman–Crippen LogP) is 3.22. The molecule has 2 aromatic rings. The van der Waals surface area contributed by atoms with E-state index in [1.54, 1.807) is 12.1 Å². The number of fused-ring (bicyclic) bond motifs is 1. The molecular formula is C17H17FN2O. The SMILES string of the molecule is C[C@@H](Nc1ccc(F)cc1)C(=O)N1CCc2ccccc21. The smallest absolute Gasteiger partial charge is 0.249 e. The van der Waals surface area contributed by atoms with Gasteiger partial charge in [-0.05, 0) is 49.2 Å². The van der Waals surface area contributed by atoms with Crippen molar-refractivity contribution in [3.63, 3.8) is 0 Å². The fraction of sp³-hybridized carbons (Fsp3) is 0.235. The molecule has 3 nitrogen and oxygen atoms in total. The molecule has 1 aliphatic heterocycles. The Hall–Kier alpha value is -2.36. The van der Waals surface area contributed by atoms with E-state index >= 15 is 0 Å². The molecule has 0 saturated heterocycles.